The van der Waals surface area contributed by atoms with Gasteiger partial charge in [-0.3, -0.25) is 4.90 Å². The van der Waals surface area contributed by atoms with Gasteiger partial charge in [0, 0.05) is 28.1 Å². The molecule has 0 aromatic heterocycles. The Bertz CT molecular complexity index is 470. The van der Waals surface area contributed by atoms with Gasteiger partial charge in [0.15, 0.2) is 0 Å². The molecule has 0 saturated carbocycles. The van der Waals surface area contributed by atoms with Gasteiger partial charge in [-0.05, 0) is 61.1 Å². The molecule has 1 aromatic rings. The third-order valence-electron chi connectivity index (χ3n) is 3.71. The average molecular weight is 354 g/mol. The minimum Gasteiger partial charge on any atom is -0.297 e. The van der Waals surface area contributed by atoms with Gasteiger partial charge in [-0.25, -0.2) is 0 Å². The Kier molecular flexibility index (Phi) is 3.98. The zero-order chi connectivity index (χ0) is 13.3. The van der Waals surface area contributed by atoms with Crippen LogP contribution in [0.1, 0.15) is 32.3 Å². The molecule has 0 amide bonds. The Morgan fingerprint density at radius 2 is 2.06 bits per heavy atom. The van der Waals surface area contributed by atoms with Crippen LogP contribution in [0.3, 0.4) is 0 Å². The number of rotatable bonds is 1. The number of nitrogens with zero attached hydrogens (tertiary/aromatic N) is 2. The van der Waals surface area contributed by atoms with Crippen molar-refractivity contribution in [1.29, 1.82) is 5.26 Å². The third-order valence-corrected chi connectivity index (χ3v) is 4.38. The molecular formula is C15H19IN2. The van der Waals surface area contributed by atoms with Gasteiger partial charge < -0.3 is 0 Å². The Labute approximate surface area is 123 Å². The topological polar surface area (TPSA) is 27.0 Å². The Hall–Kier alpha value is -0.600. The molecule has 1 fully saturated rings. The van der Waals surface area contributed by atoms with E-state index in [1.54, 1.807) is 0 Å². The Morgan fingerprint density at radius 1 is 1.33 bits per heavy atom. The normalized spacial score (nSPS) is 25.1. The second-order valence-corrected chi connectivity index (χ2v) is 7.22. The zero-order valence-corrected chi connectivity index (χ0v) is 13.3. The molecule has 2 nitrogen and oxygen atoms in total. The first-order valence-corrected chi connectivity index (χ1v) is 7.40. The molecule has 0 bridgehead atoms. The molecule has 3 heteroatoms. The van der Waals surface area contributed by atoms with Gasteiger partial charge in [-0.15, -0.1) is 0 Å². The summed E-state index contributed by atoms with van der Waals surface area (Å²) in [6, 6.07) is 11.0. The van der Waals surface area contributed by atoms with Crippen LogP contribution in [0, 0.1) is 20.8 Å². The van der Waals surface area contributed by atoms with Crippen LogP contribution < -0.4 is 0 Å². The van der Waals surface area contributed by atoms with Crippen LogP contribution in [0.5, 0.6) is 0 Å². The van der Waals surface area contributed by atoms with Crippen LogP contribution in [0.15, 0.2) is 24.3 Å². The standard InChI is InChI=1S/C15H19IN2/c1-15(2,3)18-9-12(8-17)14(10-18)11-5-4-6-13(16)7-11/h4-7,12,14H,9-10H2,1-3H3/t12-,14+/m0/s1. The van der Waals surface area contributed by atoms with Gasteiger partial charge >= 0.3 is 0 Å². The van der Waals surface area contributed by atoms with Crippen LogP contribution in [0.2, 0.25) is 0 Å². The number of benzene rings is 1. The van der Waals surface area contributed by atoms with E-state index in [1.165, 1.54) is 9.13 Å². The van der Waals surface area contributed by atoms with Crippen molar-refractivity contribution in [3.63, 3.8) is 0 Å². The monoisotopic (exact) mass is 354 g/mol. The second-order valence-electron chi connectivity index (χ2n) is 5.97. The number of halogens is 1. The van der Waals surface area contributed by atoms with Crippen molar-refractivity contribution < 1.29 is 0 Å². The highest BCUT2D eigenvalue weighted by molar-refractivity contribution is 14.1. The molecule has 0 N–H and O–H groups in total. The highest BCUT2D eigenvalue weighted by Crippen LogP contribution is 2.36. The first-order valence-electron chi connectivity index (χ1n) is 6.32. The van der Waals surface area contributed by atoms with E-state index in [0.29, 0.717) is 5.92 Å². The summed E-state index contributed by atoms with van der Waals surface area (Å²) in [5, 5.41) is 9.37. The summed E-state index contributed by atoms with van der Waals surface area (Å²) in [6.07, 6.45) is 0. The smallest absolute Gasteiger partial charge is 0.0676 e. The summed E-state index contributed by atoms with van der Waals surface area (Å²) in [4.78, 5) is 2.42. The van der Waals surface area contributed by atoms with E-state index in [9.17, 15) is 5.26 Å². The Balaban J connectivity index is 2.26. The van der Waals surface area contributed by atoms with E-state index in [2.05, 4.69) is 78.6 Å². The lowest BCUT2D eigenvalue weighted by atomic mass is 9.90. The second kappa shape index (κ2) is 5.18. The van der Waals surface area contributed by atoms with Gasteiger partial charge in [0.1, 0.15) is 0 Å². The molecule has 1 aliphatic heterocycles. The van der Waals surface area contributed by atoms with Crippen molar-refractivity contribution in [2.45, 2.75) is 32.2 Å². The molecule has 0 spiro atoms. The van der Waals surface area contributed by atoms with Crippen molar-refractivity contribution in [2.24, 2.45) is 5.92 Å². The van der Waals surface area contributed by atoms with E-state index in [-0.39, 0.29) is 11.5 Å². The van der Waals surface area contributed by atoms with Crippen molar-refractivity contribution in [2.75, 3.05) is 13.1 Å². The number of hydrogen-bond acceptors (Lipinski definition) is 2. The van der Waals surface area contributed by atoms with Gasteiger partial charge in [0.25, 0.3) is 0 Å². The summed E-state index contributed by atoms with van der Waals surface area (Å²) in [5.41, 5.74) is 1.45. The molecule has 2 atom stereocenters. The van der Waals surface area contributed by atoms with Crippen LogP contribution in [0.25, 0.3) is 0 Å². The molecule has 1 saturated heterocycles. The quantitative estimate of drug-likeness (QED) is 0.721. The van der Waals surface area contributed by atoms with Gasteiger partial charge in [0.2, 0.25) is 0 Å². The summed E-state index contributed by atoms with van der Waals surface area (Å²) in [6.45, 7) is 8.54. The highest BCUT2D eigenvalue weighted by atomic mass is 127. The molecule has 2 rings (SSSR count). The fourth-order valence-corrected chi connectivity index (χ4v) is 3.12. The van der Waals surface area contributed by atoms with E-state index >= 15 is 0 Å². The molecule has 1 heterocycles. The van der Waals surface area contributed by atoms with Crippen molar-refractivity contribution in [3.05, 3.63) is 33.4 Å². The van der Waals surface area contributed by atoms with Crippen LogP contribution in [-0.2, 0) is 0 Å². The number of likely N-dealkylation sites (tertiary alicyclic amines) is 1. The van der Waals surface area contributed by atoms with Gasteiger partial charge in [-0.2, -0.15) is 5.26 Å². The average Bonchev–Trinajstić information content (AvgIpc) is 2.72. The summed E-state index contributed by atoms with van der Waals surface area (Å²) in [7, 11) is 0. The first-order chi connectivity index (χ1) is 8.41. The fourth-order valence-electron chi connectivity index (χ4n) is 2.56. The molecule has 18 heavy (non-hydrogen) atoms. The molecule has 0 aliphatic carbocycles. The Morgan fingerprint density at radius 3 is 2.61 bits per heavy atom. The lowest BCUT2D eigenvalue weighted by molar-refractivity contribution is 0.170. The molecule has 0 radical (unpaired) electrons. The summed E-state index contributed by atoms with van der Waals surface area (Å²) < 4.78 is 1.25. The van der Waals surface area contributed by atoms with E-state index in [4.69, 9.17) is 0 Å². The zero-order valence-electron chi connectivity index (χ0n) is 11.2. The van der Waals surface area contributed by atoms with Crippen LogP contribution in [-0.4, -0.2) is 23.5 Å². The van der Waals surface area contributed by atoms with Gasteiger partial charge in [-0.1, -0.05) is 12.1 Å². The molecule has 1 aromatic carbocycles. The maximum absolute atomic E-state index is 9.37. The third kappa shape index (κ3) is 2.86. The van der Waals surface area contributed by atoms with E-state index in [0.717, 1.165) is 13.1 Å². The lowest BCUT2D eigenvalue weighted by Crippen LogP contribution is -2.39. The maximum atomic E-state index is 9.37. The van der Waals surface area contributed by atoms with Crippen molar-refractivity contribution in [1.82, 2.24) is 4.90 Å². The summed E-state index contributed by atoms with van der Waals surface area (Å²) in [5.74, 6) is 0.464. The molecule has 96 valence electrons. The van der Waals surface area contributed by atoms with Crippen LogP contribution >= 0.6 is 22.6 Å². The maximum Gasteiger partial charge on any atom is 0.0676 e. The molecule has 1 aliphatic rings. The number of hydrogen-bond donors (Lipinski definition) is 0. The highest BCUT2D eigenvalue weighted by Gasteiger charge is 2.38. The van der Waals surface area contributed by atoms with E-state index in [1.807, 2.05) is 0 Å². The molecular weight excluding hydrogens is 335 g/mol. The van der Waals surface area contributed by atoms with Gasteiger partial charge in [0.05, 0.1) is 12.0 Å². The van der Waals surface area contributed by atoms with Crippen molar-refractivity contribution in [3.8, 4) is 6.07 Å². The SMILES string of the molecule is CC(C)(C)N1C[C@H](c2cccc(I)c2)[C@@H](C#N)C1. The summed E-state index contributed by atoms with van der Waals surface area (Å²) >= 11 is 2.34. The van der Waals surface area contributed by atoms with Crippen LogP contribution in [0.4, 0.5) is 0 Å². The van der Waals surface area contributed by atoms with Crippen molar-refractivity contribution >= 4 is 22.6 Å². The lowest BCUT2D eigenvalue weighted by Gasteiger charge is -2.31. The predicted molar refractivity (Wildman–Crippen MR) is 82.3 cm³/mol. The molecule has 0 unspecified atom stereocenters. The number of nitriles is 1. The minimum absolute atomic E-state index is 0.113. The largest absolute Gasteiger partial charge is 0.297 e. The first kappa shape index (κ1) is 13.8. The van der Waals surface area contributed by atoms with E-state index < -0.39 is 0 Å². The predicted octanol–water partition coefficient (Wildman–Crippen LogP) is 3.63. The fraction of sp³-hybridized carbons (Fsp3) is 0.533. The minimum atomic E-state index is 0.113.